The second-order valence-corrected chi connectivity index (χ2v) is 6.38. The van der Waals surface area contributed by atoms with E-state index >= 15 is 0 Å². The molecule has 0 atom stereocenters. The van der Waals surface area contributed by atoms with Gasteiger partial charge in [-0.05, 0) is 23.8 Å². The number of benzene rings is 1. The molecule has 0 saturated heterocycles. The van der Waals surface area contributed by atoms with Crippen molar-refractivity contribution in [3.8, 4) is 0 Å². The Morgan fingerprint density at radius 3 is 2.59 bits per heavy atom. The van der Waals surface area contributed by atoms with E-state index < -0.39 is 0 Å². The topological polar surface area (TPSA) is 0 Å². The van der Waals surface area contributed by atoms with E-state index in [2.05, 4.69) is 62.4 Å². The molecular formula is C16H20S. The maximum absolute atomic E-state index is 2.37. The van der Waals surface area contributed by atoms with E-state index in [0.29, 0.717) is 5.41 Å². The molecule has 1 aromatic carbocycles. The molecule has 0 radical (unpaired) electrons. The summed E-state index contributed by atoms with van der Waals surface area (Å²) in [5, 5.41) is 0. The maximum atomic E-state index is 2.37. The van der Waals surface area contributed by atoms with Crippen LogP contribution in [-0.4, -0.2) is 5.75 Å². The molecule has 2 rings (SSSR count). The second-order valence-electron chi connectivity index (χ2n) is 5.22. The minimum absolute atomic E-state index is 0.351. The standard InChI is InChI=1S/C16H20S/c1-16(2)11-8-15(9-12-16)17-13-10-14-6-4-3-5-7-14/h3-9,11H,10,12-13H2,1-2H3. The largest absolute Gasteiger partial charge is 0.126 e. The molecule has 0 spiro atoms. The lowest BCUT2D eigenvalue weighted by Gasteiger charge is -2.22. The molecule has 0 N–H and O–H groups in total. The lowest BCUT2D eigenvalue weighted by atomic mass is 9.86. The van der Waals surface area contributed by atoms with Crippen molar-refractivity contribution in [3.63, 3.8) is 0 Å². The van der Waals surface area contributed by atoms with Crippen molar-refractivity contribution in [1.29, 1.82) is 0 Å². The minimum Gasteiger partial charge on any atom is -0.126 e. The maximum Gasteiger partial charge on any atom is 0.00294 e. The highest BCUT2D eigenvalue weighted by Gasteiger charge is 2.15. The molecule has 1 aliphatic carbocycles. The first-order chi connectivity index (χ1) is 8.16. The highest BCUT2D eigenvalue weighted by atomic mass is 32.2. The van der Waals surface area contributed by atoms with Crippen molar-refractivity contribution in [1.82, 2.24) is 0 Å². The normalized spacial score (nSPS) is 17.9. The van der Waals surface area contributed by atoms with E-state index in [1.807, 2.05) is 11.8 Å². The fourth-order valence-electron chi connectivity index (χ4n) is 1.85. The average Bonchev–Trinajstić information content (AvgIpc) is 2.33. The molecule has 0 amide bonds. The van der Waals surface area contributed by atoms with Crippen LogP contribution in [0.4, 0.5) is 0 Å². The third kappa shape index (κ3) is 4.08. The summed E-state index contributed by atoms with van der Waals surface area (Å²) in [6, 6.07) is 10.7. The van der Waals surface area contributed by atoms with Gasteiger partial charge in [0.15, 0.2) is 0 Å². The number of allylic oxidation sites excluding steroid dienone is 3. The second kappa shape index (κ2) is 5.59. The molecule has 0 saturated carbocycles. The summed E-state index contributed by atoms with van der Waals surface area (Å²) in [6.45, 7) is 4.57. The molecule has 0 bridgehead atoms. The molecule has 0 unspecified atom stereocenters. The molecule has 1 aromatic rings. The van der Waals surface area contributed by atoms with Crippen LogP contribution in [0, 0.1) is 5.41 Å². The number of thioether (sulfide) groups is 1. The molecule has 0 fully saturated rings. The summed E-state index contributed by atoms with van der Waals surface area (Å²) >= 11 is 1.97. The lowest BCUT2D eigenvalue weighted by Crippen LogP contribution is -2.08. The smallest absolute Gasteiger partial charge is 0.00294 e. The first kappa shape index (κ1) is 12.5. The molecule has 17 heavy (non-hydrogen) atoms. The fourth-order valence-corrected chi connectivity index (χ4v) is 2.78. The van der Waals surface area contributed by atoms with E-state index in [4.69, 9.17) is 0 Å². The van der Waals surface area contributed by atoms with Gasteiger partial charge in [0.05, 0.1) is 0 Å². The Kier molecular flexibility index (Phi) is 4.11. The van der Waals surface area contributed by atoms with Crippen molar-refractivity contribution in [2.24, 2.45) is 5.41 Å². The number of hydrogen-bond donors (Lipinski definition) is 0. The molecule has 90 valence electrons. The first-order valence-electron chi connectivity index (χ1n) is 6.22. The van der Waals surface area contributed by atoms with Crippen LogP contribution in [0.25, 0.3) is 0 Å². The van der Waals surface area contributed by atoms with E-state index in [0.717, 1.165) is 12.8 Å². The van der Waals surface area contributed by atoms with Gasteiger partial charge >= 0.3 is 0 Å². The van der Waals surface area contributed by atoms with Gasteiger partial charge in [-0.2, -0.15) is 0 Å². The number of hydrogen-bond acceptors (Lipinski definition) is 1. The zero-order valence-electron chi connectivity index (χ0n) is 10.6. The van der Waals surface area contributed by atoms with E-state index in [1.54, 1.807) is 0 Å². The Labute approximate surface area is 109 Å². The van der Waals surface area contributed by atoms with Crippen LogP contribution < -0.4 is 0 Å². The van der Waals surface area contributed by atoms with Gasteiger partial charge in [-0.3, -0.25) is 0 Å². The van der Waals surface area contributed by atoms with Crippen molar-refractivity contribution >= 4 is 11.8 Å². The predicted molar refractivity (Wildman–Crippen MR) is 78.2 cm³/mol. The van der Waals surface area contributed by atoms with Gasteiger partial charge in [0.2, 0.25) is 0 Å². The predicted octanol–water partition coefficient (Wildman–Crippen LogP) is 4.83. The quantitative estimate of drug-likeness (QED) is 0.731. The van der Waals surface area contributed by atoms with Crippen LogP contribution in [-0.2, 0) is 6.42 Å². The van der Waals surface area contributed by atoms with Crippen LogP contribution in [0.1, 0.15) is 25.8 Å². The highest BCUT2D eigenvalue weighted by Crippen LogP contribution is 2.32. The minimum atomic E-state index is 0.351. The third-order valence-electron chi connectivity index (χ3n) is 3.03. The van der Waals surface area contributed by atoms with Crippen LogP contribution in [0.15, 0.2) is 53.5 Å². The SMILES string of the molecule is CC1(C)C=CC(SCCc2ccccc2)=CC1. The summed E-state index contributed by atoms with van der Waals surface area (Å²) in [7, 11) is 0. The molecule has 0 nitrogen and oxygen atoms in total. The Morgan fingerprint density at radius 2 is 1.94 bits per heavy atom. The van der Waals surface area contributed by atoms with Gasteiger partial charge in [-0.25, -0.2) is 0 Å². The van der Waals surface area contributed by atoms with Crippen molar-refractivity contribution in [2.45, 2.75) is 26.7 Å². The van der Waals surface area contributed by atoms with Crippen molar-refractivity contribution < 1.29 is 0 Å². The van der Waals surface area contributed by atoms with Gasteiger partial charge in [0.25, 0.3) is 0 Å². The molecule has 0 aromatic heterocycles. The van der Waals surface area contributed by atoms with Gasteiger partial charge in [-0.1, -0.05) is 62.4 Å². The summed E-state index contributed by atoms with van der Waals surface area (Å²) in [5.74, 6) is 1.17. The molecule has 0 heterocycles. The Hall–Kier alpha value is -0.950. The van der Waals surface area contributed by atoms with E-state index in [1.165, 1.54) is 16.2 Å². The Morgan fingerprint density at radius 1 is 1.18 bits per heavy atom. The fraction of sp³-hybridized carbons (Fsp3) is 0.375. The van der Waals surface area contributed by atoms with Crippen LogP contribution in [0.2, 0.25) is 0 Å². The van der Waals surface area contributed by atoms with Gasteiger partial charge in [-0.15, -0.1) is 11.8 Å². The average molecular weight is 244 g/mol. The Balaban J connectivity index is 1.77. The first-order valence-corrected chi connectivity index (χ1v) is 7.20. The molecule has 0 aliphatic heterocycles. The van der Waals surface area contributed by atoms with Gasteiger partial charge in [0, 0.05) is 10.7 Å². The highest BCUT2D eigenvalue weighted by molar-refractivity contribution is 8.03. The summed E-state index contributed by atoms with van der Waals surface area (Å²) in [4.78, 5) is 1.43. The molecule has 1 heteroatoms. The van der Waals surface area contributed by atoms with Crippen molar-refractivity contribution in [3.05, 3.63) is 59.0 Å². The molecule has 1 aliphatic rings. The van der Waals surface area contributed by atoms with Crippen LogP contribution in [0.5, 0.6) is 0 Å². The zero-order valence-corrected chi connectivity index (χ0v) is 11.5. The summed E-state index contributed by atoms with van der Waals surface area (Å²) in [6.07, 6.45) is 9.30. The lowest BCUT2D eigenvalue weighted by molar-refractivity contribution is 0.484. The van der Waals surface area contributed by atoms with Crippen LogP contribution >= 0.6 is 11.8 Å². The van der Waals surface area contributed by atoms with E-state index in [9.17, 15) is 0 Å². The summed E-state index contributed by atoms with van der Waals surface area (Å²) in [5.41, 5.74) is 1.78. The monoisotopic (exact) mass is 244 g/mol. The third-order valence-corrected chi connectivity index (χ3v) is 4.07. The van der Waals surface area contributed by atoms with E-state index in [-0.39, 0.29) is 0 Å². The summed E-state index contributed by atoms with van der Waals surface area (Å²) < 4.78 is 0. The number of aryl methyl sites for hydroxylation is 1. The molecular weight excluding hydrogens is 224 g/mol. The number of rotatable bonds is 4. The Bertz CT molecular complexity index is 412. The van der Waals surface area contributed by atoms with Gasteiger partial charge in [0.1, 0.15) is 0 Å². The van der Waals surface area contributed by atoms with Crippen LogP contribution in [0.3, 0.4) is 0 Å². The van der Waals surface area contributed by atoms with Gasteiger partial charge < -0.3 is 0 Å². The van der Waals surface area contributed by atoms with Crippen molar-refractivity contribution in [2.75, 3.05) is 5.75 Å². The zero-order chi connectivity index (χ0) is 12.1.